The lowest BCUT2D eigenvalue weighted by molar-refractivity contribution is 0.563. The number of likely N-dealkylation sites (N-methyl/N-ethyl adjacent to an activating group) is 1. The molecule has 0 atom stereocenters. The maximum atomic E-state index is 4.27. The van der Waals surface area contributed by atoms with Crippen LogP contribution in [-0.2, 0) is 0 Å². The first-order valence-corrected chi connectivity index (χ1v) is 8.19. The third kappa shape index (κ3) is 3.21. The molecule has 0 aromatic carbocycles. The van der Waals surface area contributed by atoms with Crippen LogP contribution in [0.3, 0.4) is 0 Å². The van der Waals surface area contributed by atoms with Gasteiger partial charge in [0, 0.05) is 36.9 Å². The van der Waals surface area contributed by atoms with Gasteiger partial charge in [0.25, 0.3) is 0 Å². The summed E-state index contributed by atoms with van der Waals surface area (Å²) in [5.41, 5.74) is 7.74. The average Bonchev–Trinajstić information content (AvgIpc) is 3.39. The Balaban J connectivity index is 2.16. The van der Waals surface area contributed by atoms with E-state index in [1.807, 2.05) is 24.5 Å². The Morgan fingerprint density at radius 3 is 2.78 bits per heavy atom. The van der Waals surface area contributed by atoms with Crippen LogP contribution in [-0.4, -0.2) is 16.9 Å². The zero-order valence-electron chi connectivity index (χ0n) is 14.2. The van der Waals surface area contributed by atoms with Crippen LogP contribution in [0.4, 0.5) is 0 Å². The van der Waals surface area contributed by atoms with Gasteiger partial charge < -0.3 is 4.90 Å². The fraction of sp³-hybridized carbons (Fsp3) is 0.286. The zero-order valence-corrected chi connectivity index (χ0v) is 14.2. The van der Waals surface area contributed by atoms with E-state index in [1.54, 1.807) is 0 Å². The summed E-state index contributed by atoms with van der Waals surface area (Å²) in [6.45, 7) is 8.24. The molecule has 118 valence electrons. The summed E-state index contributed by atoms with van der Waals surface area (Å²) in [7, 11) is 2.13. The van der Waals surface area contributed by atoms with Gasteiger partial charge >= 0.3 is 0 Å². The lowest BCUT2D eigenvalue weighted by atomic mass is 9.92. The molecule has 0 spiro atoms. The first kappa shape index (κ1) is 15.5. The van der Waals surface area contributed by atoms with Gasteiger partial charge in [-0.25, -0.2) is 0 Å². The van der Waals surface area contributed by atoms with Crippen molar-refractivity contribution in [3.05, 3.63) is 83.5 Å². The largest absolute Gasteiger partial charge is 0.351 e. The Labute approximate surface area is 139 Å². The quantitative estimate of drug-likeness (QED) is 0.718. The van der Waals surface area contributed by atoms with Crippen LogP contribution >= 0.6 is 0 Å². The summed E-state index contributed by atoms with van der Waals surface area (Å²) in [4.78, 5) is 6.52. The number of rotatable bonds is 4. The minimum Gasteiger partial charge on any atom is -0.351 e. The van der Waals surface area contributed by atoms with Gasteiger partial charge in [-0.2, -0.15) is 0 Å². The van der Waals surface area contributed by atoms with Gasteiger partial charge in [-0.05, 0) is 61.5 Å². The monoisotopic (exact) mass is 304 g/mol. The highest BCUT2D eigenvalue weighted by Crippen LogP contribution is 2.43. The van der Waals surface area contributed by atoms with Crippen molar-refractivity contribution in [1.82, 2.24) is 9.88 Å². The molecule has 0 N–H and O–H groups in total. The minimum atomic E-state index is 0.680. The maximum Gasteiger partial charge on any atom is 0.0474 e. The molecule has 1 aliphatic heterocycles. The number of nitrogens with zero attached hydrogens (tertiary/aromatic N) is 2. The maximum absolute atomic E-state index is 4.27. The molecule has 2 aliphatic rings. The van der Waals surface area contributed by atoms with Crippen LogP contribution in [0.5, 0.6) is 0 Å². The summed E-state index contributed by atoms with van der Waals surface area (Å²) in [5.74, 6) is 0.680. The molecular weight excluding hydrogens is 280 g/mol. The highest BCUT2D eigenvalue weighted by molar-refractivity contribution is 5.80. The summed E-state index contributed by atoms with van der Waals surface area (Å²) in [6.07, 6.45) is 14.9. The second kappa shape index (κ2) is 6.41. The zero-order chi connectivity index (χ0) is 16.4. The molecule has 2 nitrogen and oxygen atoms in total. The van der Waals surface area contributed by atoms with Gasteiger partial charge in [0.2, 0.25) is 0 Å². The topological polar surface area (TPSA) is 16.1 Å². The molecule has 0 radical (unpaired) electrons. The van der Waals surface area contributed by atoms with Crippen molar-refractivity contribution in [2.45, 2.75) is 26.7 Å². The van der Waals surface area contributed by atoms with Crippen molar-refractivity contribution in [3.63, 3.8) is 0 Å². The number of hydrogen-bond acceptors (Lipinski definition) is 2. The minimum absolute atomic E-state index is 0.680. The fourth-order valence-electron chi connectivity index (χ4n) is 3.11. The first-order chi connectivity index (χ1) is 11.1. The van der Waals surface area contributed by atoms with Crippen molar-refractivity contribution < 1.29 is 0 Å². The van der Waals surface area contributed by atoms with Crippen LogP contribution in [0.1, 0.15) is 32.3 Å². The predicted octanol–water partition coefficient (Wildman–Crippen LogP) is 5.11. The molecule has 0 bridgehead atoms. The second-order valence-electron chi connectivity index (χ2n) is 6.38. The Morgan fingerprint density at radius 1 is 1.39 bits per heavy atom. The van der Waals surface area contributed by atoms with Crippen LogP contribution in [0, 0.1) is 5.92 Å². The molecule has 0 amide bonds. The molecule has 3 rings (SSSR count). The molecule has 23 heavy (non-hydrogen) atoms. The summed E-state index contributed by atoms with van der Waals surface area (Å²) in [6, 6.07) is 4.12. The SMILES string of the molecule is C=C/C(C)=C\C(=C1\C(C)=C(c2cccnc2)C=CN1C)C1CC1. The standard InChI is InChI=1S/C21H24N2/c1-5-15(2)13-20(17-8-9-17)21-16(3)19(10-12-23(21)4)18-7-6-11-22-14-18/h5-7,10-14,17H,1,8-9H2,2-4H3/b15-13-,21-20+. The Kier molecular flexibility index (Phi) is 4.33. The van der Waals surface area contributed by atoms with E-state index in [0.717, 1.165) is 0 Å². The number of pyridine rings is 1. The van der Waals surface area contributed by atoms with E-state index in [1.165, 1.54) is 46.4 Å². The lowest BCUT2D eigenvalue weighted by Gasteiger charge is -2.28. The van der Waals surface area contributed by atoms with Gasteiger partial charge in [-0.1, -0.05) is 30.4 Å². The lowest BCUT2D eigenvalue weighted by Crippen LogP contribution is -2.18. The van der Waals surface area contributed by atoms with Gasteiger partial charge in [0.1, 0.15) is 0 Å². The van der Waals surface area contributed by atoms with E-state index < -0.39 is 0 Å². The van der Waals surface area contributed by atoms with E-state index in [4.69, 9.17) is 0 Å². The Bertz CT molecular complexity index is 728. The molecular formula is C21H24N2. The van der Waals surface area contributed by atoms with Crippen LogP contribution in [0.2, 0.25) is 0 Å². The summed E-state index contributed by atoms with van der Waals surface area (Å²) < 4.78 is 0. The fourth-order valence-corrected chi connectivity index (χ4v) is 3.11. The highest BCUT2D eigenvalue weighted by atomic mass is 15.1. The molecule has 1 aromatic heterocycles. The van der Waals surface area contributed by atoms with Gasteiger partial charge in [0.05, 0.1) is 0 Å². The number of aromatic nitrogens is 1. The van der Waals surface area contributed by atoms with E-state index in [9.17, 15) is 0 Å². The van der Waals surface area contributed by atoms with Crippen LogP contribution in [0.25, 0.3) is 5.57 Å². The van der Waals surface area contributed by atoms with Crippen molar-refractivity contribution in [1.29, 1.82) is 0 Å². The number of allylic oxidation sites excluding steroid dienone is 7. The molecule has 1 fully saturated rings. The highest BCUT2D eigenvalue weighted by Gasteiger charge is 2.30. The molecule has 0 unspecified atom stereocenters. The van der Waals surface area contributed by atoms with Crippen LogP contribution < -0.4 is 0 Å². The Morgan fingerprint density at radius 2 is 2.17 bits per heavy atom. The van der Waals surface area contributed by atoms with Crippen molar-refractivity contribution >= 4 is 5.57 Å². The number of hydrogen-bond donors (Lipinski definition) is 0. The summed E-state index contributed by atoms with van der Waals surface area (Å²) in [5, 5.41) is 0. The Hall–Kier alpha value is -2.35. The third-order valence-electron chi connectivity index (χ3n) is 4.55. The normalized spacial score (nSPS) is 20.8. The average molecular weight is 304 g/mol. The van der Waals surface area contributed by atoms with E-state index in [-0.39, 0.29) is 0 Å². The first-order valence-electron chi connectivity index (χ1n) is 8.19. The van der Waals surface area contributed by atoms with Gasteiger partial charge in [-0.15, -0.1) is 0 Å². The molecule has 1 aromatic rings. The second-order valence-corrected chi connectivity index (χ2v) is 6.38. The third-order valence-corrected chi connectivity index (χ3v) is 4.55. The van der Waals surface area contributed by atoms with E-state index in [2.05, 4.69) is 61.8 Å². The van der Waals surface area contributed by atoms with Gasteiger partial charge in [-0.3, -0.25) is 4.98 Å². The van der Waals surface area contributed by atoms with E-state index in [0.29, 0.717) is 5.92 Å². The molecule has 2 heterocycles. The predicted molar refractivity (Wildman–Crippen MR) is 97.4 cm³/mol. The van der Waals surface area contributed by atoms with Crippen molar-refractivity contribution in [2.75, 3.05) is 7.05 Å². The summed E-state index contributed by atoms with van der Waals surface area (Å²) >= 11 is 0. The molecule has 2 heteroatoms. The van der Waals surface area contributed by atoms with Crippen molar-refractivity contribution in [2.24, 2.45) is 5.92 Å². The smallest absolute Gasteiger partial charge is 0.0474 e. The molecule has 1 aliphatic carbocycles. The van der Waals surface area contributed by atoms with Crippen molar-refractivity contribution in [3.8, 4) is 0 Å². The van der Waals surface area contributed by atoms with Gasteiger partial charge in [0.15, 0.2) is 0 Å². The molecule has 0 saturated heterocycles. The van der Waals surface area contributed by atoms with Crippen LogP contribution in [0.15, 0.2) is 77.9 Å². The molecule has 1 saturated carbocycles. The van der Waals surface area contributed by atoms with E-state index >= 15 is 0 Å².